The fraction of sp³-hybridized carbons (Fsp3) is 0.188. The quantitative estimate of drug-likeness (QED) is 0.217. The number of rotatable bonds is 7. The number of hydrogen-bond donors (Lipinski definition) is 2. The number of carbonyl (C=O) groups excluding carboxylic acids is 2. The highest BCUT2D eigenvalue weighted by atomic mass is 32.2. The van der Waals surface area contributed by atoms with E-state index < -0.39 is 0 Å². The van der Waals surface area contributed by atoms with Crippen molar-refractivity contribution in [3.8, 4) is 0 Å². The second kappa shape index (κ2) is 11.8. The van der Waals surface area contributed by atoms with Crippen molar-refractivity contribution in [3.63, 3.8) is 0 Å². The number of urea groups is 1. The number of benzene rings is 3. The van der Waals surface area contributed by atoms with Gasteiger partial charge in [0.05, 0.1) is 16.8 Å². The molecular formula is C32H29N7O2S2. The molecule has 0 radical (unpaired) electrons. The lowest BCUT2D eigenvalue weighted by molar-refractivity contribution is 0.103. The van der Waals surface area contributed by atoms with Crippen LogP contribution in [-0.2, 0) is 6.54 Å². The third kappa shape index (κ3) is 5.72. The molecule has 43 heavy (non-hydrogen) atoms. The summed E-state index contributed by atoms with van der Waals surface area (Å²) in [6.07, 6.45) is 1.43. The number of nitrogens with one attached hydrogen (secondary N) is 2. The van der Waals surface area contributed by atoms with E-state index in [9.17, 15) is 9.59 Å². The third-order valence-electron chi connectivity index (χ3n) is 7.61. The van der Waals surface area contributed by atoms with Crippen LogP contribution >= 0.6 is 23.1 Å². The fourth-order valence-electron chi connectivity index (χ4n) is 5.30. The summed E-state index contributed by atoms with van der Waals surface area (Å²) < 4.78 is 0. The SMILES string of the molecule is CN1CCN(Cc2ccc(NC(=O)c3sc4ncnc5c4c3NC(=O)N5c3ccc(Sc4ccccc4)cc3)cc2)CC1. The van der Waals surface area contributed by atoms with E-state index in [1.807, 2.05) is 54.6 Å². The van der Waals surface area contributed by atoms with Gasteiger partial charge >= 0.3 is 6.03 Å². The smallest absolute Gasteiger partial charge is 0.321 e. The molecule has 216 valence electrons. The minimum Gasteiger partial charge on any atom is -0.321 e. The van der Waals surface area contributed by atoms with Crippen LogP contribution in [-0.4, -0.2) is 64.9 Å². The Labute approximate surface area is 257 Å². The number of aromatic nitrogens is 2. The van der Waals surface area contributed by atoms with Crippen LogP contribution in [0.3, 0.4) is 0 Å². The molecule has 11 heteroatoms. The van der Waals surface area contributed by atoms with Crippen molar-refractivity contribution < 1.29 is 9.59 Å². The van der Waals surface area contributed by atoms with Gasteiger partial charge in [-0.05, 0) is 61.1 Å². The molecule has 3 aromatic carbocycles. The molecule has 2 aliphatic rings. The van der Waals surface area contributed by atoms with Crippen LogP contribution in [0.4, 0.5) is 27.7 Å². The molecule has 3 amide bonds. The Bertz CT molecular complexity index is 1790. The van der Waals surface area contributed by atoms with Gasteiger partial charge in [0, 0.05) is 48.2 Å². The minimum atomic E-state index is -0.378. The van der Waals surface area contributed by atoms with Crippen molar-refractivity contribution >= 4 is 68.1 Å². The van der Waals surface area contributed by atoms with Gasteiger partial charge in [0.1, 0.15) is 16.0 Å². The summed E-state index contributed by atoms with van der Waals surface area (Å²) in [4.78, 5) is 45.3. The van der Waals surface area contributed by atoms with Crippen molar-refractivity contribution in [2.45, 2.75) is 16.3 Å². The average molecular weight is 608 g/mol. The number of piperazine rings is 1. The van der Waals surface area contributed by atoms with E-state index in [0.29, 0.717) is 38.0 Å². The topological polar surface area (TPSA) is 93.7 Å². The van der Waals surface area contributed by atoms with Crippen LogP contribution in [0, 0.1) is 0 Å². The molecule has 9 nitrogen and oxygen atoms in total. The minimum absolute atomic E-state index is 0.299. The number of nitrogens with zero attached hydrogens (tertiary/aromatic N) is 5. The number of thiophene rings is 1. The molecule has 0 atom stereocenters. The zero-order valence-corrected chi connectivity index (χ0v) is 25.1. The molecule has 7 rings (SSSR count). The molecule has 0 unspecified atom stereocenters. The first-order chi connectivity index (χ1) is 21.0. The number of hydrogen-bond acceptors (Lipinski definition) is 8. The van der Waals surface area contributed by atoms with Crippen molar-refractivity contribution in [2.75, 3.05) is 48.8 Å². The number of amides is 3. The Morgan fingerprint density at radius 3 is 2.40 bits per heavy atom. The maximum Gasteiger partial charge on any atom is 0.332 e. The largest absolute Gasteiger partial charge is 0.332 e. The Morgan fingerprint density at radius 1 is 0.930 bits per heavy atom. The van der Waals surface area contributed by atoms with Crippen LogP contribution < -0.4 is 15.5 Å². The molecule has 2 N–H and O–H groups in total. The Morgan fingerprint density at radius 2 is 1.65 bits per heavy atom. The first-order valence-electron chi connectivity index (χ1n) is 14.0. The van der Waals surface area contributed by atoms with Crippen LogP contribution in [0.15, 0.2) is 95.0 Å². The zero-order valence-electron chi connectivity index (χ0n) is 23.5. The summed E-state index contributed by atoms with van der Waals surface area (Å²) in [5.74, 6) is 0.155. The molecule has 0 saturated carbocycles. The summed E-state index contributed by atoms with van der Waals surface area (Å²) in [5.41, 5.74) is 3.02. The molecule has 1 saturated heterocycles. The maximum atomic E-state index is 13.4. The lowest BCUT2D eigenvalue weighted by Crippen LogP contribution is -2.43. The van der Waals surface area contributed by atoms with Crippen molar-refractivity contribution in [1.82, 2.24) is 19.8 Å². The van der Waals surface area contributed by atoms with Crippen molar-refractivity contribution in [3.05, 3.63) is 95.6 Å². The number of likely N-dealkylation sites (N-methyl/N-ethyl adjacent to an activating group) is 1. The number of anilines is 4. The molecule has 5 aromatic rings. The molecular weight excluding hydrogens is 579 g/mol. The van der Waals surface area contributed by atoms with Crippen LogP contribution in [0.5, 0.6) is 0 Å². The van der Waals surface area contributed by atoms with Crippen molar-refractivity contribution in [1.29, 1.82) is 0 Å². The van der Waals surface area contributed by atoms with Crippen LogP contribution in [0.2, 0.25) is 0 Å². The highest BCUT2D eigenvalue weighted by molar-refractivity contribution is 7.99. The van der Waals surface area contributed by atoms with Gasteiger partial charge in [0.25, 0.3) is 5.91 Å². The summed E-state index contributed by atoms with van der Waals surface area (Å²) >= 11 is 2.89. The highest BCUT2D eigenvalue weighted by Crippen LogP contribution is 2.45. The molecule has 0 spiro atoms. The highest BCUT2D eigenvalue weighted by Gasteiger charge is 2.33. The molecule has 0 bridgehead atoms. The predicted octanol–water partition coefficient (Wildman–Crippen LogP) is 6.53. The van der Waals surface area contributed by atoms with Crippen LogP contribution in [0.25, 0.3) is 10.2 Å². The fourth-order valence-corrected chi connectivity index (χ4v) is 7.12. The lowest BCUT2D eigenvalue weighted by Gasteiger charge is -2.32. The van der Waals surface area contributed by atoms with E-state index in [2.05, 4.69) is 61.7 Å². The maximum absolute atomic E-state index is 13.4. The van der Waals surface area contributed by atoms with E-state index in [1.165, 1.54) is 28.1 Å². The van der Waals surface area contributed by atoms with E-state index in [-0.39, 0.29) is 11.9 Å². The summed E-state index contributed by atoms with van der Waals surface area (Å²) in [6.45, 7) is 5.15. The van der Waals surface area contributed by atoms with Gasteiger partial charge in [-0.15, -0.1) is 11.3 Å². The van der Waals surface area contributed by atoms with E-state index in [1.54, 1.807) is 11.8 Å². The zero-order chi connectivity index (χ0) is 29.3. The molecule has 2 aliphatic heterocycles. The summed E-state index contributed by atoms with van der Waals surface area (Å²) in [7, 11) is 2.15. The Balaban J connectivity index is 1.10. The average Bonchev–Trinajstić information content (AvgIpc) is 3.40. The molecule has 2 aromatic heterocycles. The second-order valence-electron chi connectivity index (χ2n) is 10.6. The third-order valence-corrected chi connectivity index (χ3v) is 9.72. The van der Waals surface area contributed by atoms with E-state index in [0.717, 1.165) is 42.5 Å². The summed E-state index contributed by atoms with van der Waals surface area (Å²) in [6, 6.07) is 25.5. The Hall–Kier alpha value is -4.29. The van der Waals surface area contributed by atoms with E-state index >= 15 is 0 Å². The van der Waals surface area contributed by atoms with Gasteiger partial charge in [0.15, 0.2) is 5.82 Å². The summed E-state index contributed by atoms with van der Waals surface area (Å²) in [5, 5.41) is 6.59. The van der Waals surface area contributed by atoms with Crippen LogP contribution in [0.1, 0.15) is 15.2 Å². The Kier molecular flexibility index (Phi) is 7.54. The molecule has 0 aliphatic carbocycles. The first kappa shape index (κ1) is 27.5. The van der Waals surface area contributed by atoms with Crippen molar-refractivity contribution in [2.24, 2.45) is 0 Å². The molecule has 1 fully saturated rings. The van der Waals surface area contributed by atoms with Gasteiger partial charge in [-0.3, -0.25) is 9.69 Å². The normalized spacial score (nSPS) is 15.5. The predicted molar refractivity (Wildman–Crippen MR) is 173 cm³/mol. The van der Waals surface area contributed by atoms with Gasteiger partial charge in [-0.2, -0.15) is 0 Å². The van der Waals surface area contributed by atoms with E-state index in [4.69, 9.17) is 0 Å². The van der Waals surface area contributed by atoms with Gasteiger partial charge in [-0.25, -0.2) is 19.7 Å². The standard InChI is InChI=1S/C32H29N7O2S2/c1-37-15-17-38(18-16-37)19-21-7-9-22(10-8-21)35-30(40)28-27-26-29(33-20-34-31(26)43-28)39(32(41)36-27)23-11-13-25(14-12-23)42-24-5-3-2-4-6-24/h2-14,20H,15-19H2,1H3,(H,35,40)(H,36,41). The van der Waals surface area contributed by atoms with Gasteiger partial charge in [-0.1, -0.05) is 42.1 Å². The second-order valence-corrected chi connectivity index (χ2v) is 12.7. The molecule has 4 heterocycles. The lowest BCUT2D eigenvalue weighted by atomic mass is 10.1. The van der Waals surface area contributed by atoms with Gasteiger partial charge in [0.2, 0.25) is 0 Å². The monoisotopic (exact) mass is 607 g/mol. The first-order valence-corrected chi connectivity index (χ1v) is 15.7. The number of carbonyl (C=O) groups is 2. The van der Waals surface area contributed by atoms with Gasteiger partial charge < -0.3 is 15.5 Å².